The number of nitrogens with zero attached hydrogens (tertiary/aromatic N) is 1. The molecular weight excluding hydrogens is 175 g/mol. The summed E-state index contributed by atoms with van der Waals surface area (Å²) in [5, 5.41) is 0.606. The van der Waals surface area contributed by atoms with E-state index in [-0.39, 0.29) is 5.69 Å². The van der Waals surface area contributed by atoms with Gasteiger partial charge in [0.2, 0.25) is 0 Å². The Hall–Kier alpha value is -1.62. The summed E-state index contributed by atoms with van der Waals surface area (Å²) >= 11 is 0. The molecule has 1 aromatic carbocycles. The van der Waals surface area contributed by atoms with Crippen LogP contribution in [0.4, 0.5) is 14.9 Å². The Morgan fingerprint density at radius 1 is 1.54 bits per heavy atom. The van der Waals surface area contributed by atoms with Crippen molar-refractivity contribution >= 4 is 11.8 Å². The SMILES string of the molecule is COC(=O)N(N)c1ccccc1F. The molecule has 1 rings (SSSR count). The number of halogens is 1. The van der Waals surface area contributed by atoms with Crippen molar-refractivity contribution in [3.8, 4) is 0 Å². The lowest BCUT2D eigenvalue weighted by Crippen LogP contribution is -2.37. The van der Waals surface area contributed by atoms with E-state index in [0.29, 0.717) is 5.01 Å². The van der Waals surface area contributed by atoms with Crippen molar-refractivity contribution < 1.29 is 13.9 Å². The number of hydrogen-bond donors (Lipinski definition) is 1. The molecule has 0 aliphatic rings. The molecule has 0 saturated heterocycles. The minimum atomic E-state index is -0.815. The van der Waals surface area contributed by atoms with E-state index >= 15 is 0 Å². The first-order chi connectivity index (χ1) is 6.16. The van der Waals surface area contributed by atoms with E-state index in [4.69, 9.17) is 5.84 Å². The Morgan fingerprint density at radius 2 is 2.15 bits per heavy atom. The fraction of sp³-hybridized carbons (Fsp3) is 0.125. The van der Waals surface area contributed by atoms with Crippen LogP contribution in [0.2, 0.25) is 0 Å². The number of ether oxygens (including phenoxy) is 1. The average molecular weight is 184 g/mol. The van der Waals surface area contributed by atoms with E-state index < -0.39 is 11.9 Å². The predicted octanol–water partition coefficient (Wildman–Crippen LogP) is 1.27. The van der Waals surface area contributed by atoms with Gasteiger partial charge in [-0.05, 0) is 12.1 Å². The van der Waals surface area contributed by atoms with Crippen LogP contribution in [-0.4, -0.2) is 13.2 Å². The van der Waals surface area contributed by atoms with Crippen molar-refractivity contribution in [2.45, 2.75) is 0 Å². The maximum atomic E-state index is 13.0. The van der Waals surface area contributed by atoms with E-state index in [1.54, 1.807) is 6.07 Å². The summed E-state index contributed by atoms with van der Waals surface area (Å²) in [5.74, 6) is 4.69. The largest absolute Gasteiger partial charge is 0.452 e. The van der Waals surface area contributed by atoms with Gasteiger partial charge in [0.15, 0.2) is 0 Å². The number of carbonyl (C=O) groups excluding carboxylic acids is 1. The maximum Gasteiger partial charge on any atom is 0.428 e. The average Bonchev–Trinajstić information content (AvgIpc) is 2.16. The van der Waals surface area contributed by atoms with Gasteiger partial charge in [-0.1, -0.05) is 12.1 Å². The molecule has 4 nitrogen and oxygen atoms in total. The first kappa shape index (κ1) is 9.47. The third kappa shape index (κ3) is 1.94. The van der Waals surface area contributed by atoms with Crippen LogP contribution in [0.1, 0.15) is 0 Å². The minimum absolute atomic E-state index is 0.0191. The second-order valence-electron chi connectivity index (χ2n) is 2.29. The quantitative estimate of drug-likeness (QED) is 0.406. The molecule has 0 fully saturated rings. The standard InChI is InChI=1S/C8H9FN2O2/c1-13-8(12)11(10)7-5-3-2-4-6(7)9/h2-5H,10H2,1H3. The van der Waals surface area contributed by atoms with Crippen LogP contribution in [0.25, 0.3) is 0 Å². The topological polar surface area (TPSA) is 55.6 Å². The van der Waals surface area contributed by atoms with Crippen molar-refractivity contribution in [1.82, 2.24) is 0 Å². The van der Waals surface area contributed by atoms with Gasteiger partial charge in [-0.2, -0.15) is 0 Å². The molecular formula is C8H9FN2O2. The molecule has 0 atom stereocenters. The molecule has 5 heteroatoms. The zero-order valence-electron chi connectivity index (χ0n) is 7.03. The van der Waals surface area contributed by atoms with Crippen LogP contribution in [0.3, 0.4) is 0 Å². The Morgan fingerprint density at radius 3 is 2.69 bits per heavy atom. The lowest BCUT2D eigenvalue weighted by atomic mass is 10.3. The van der Waals surface area contributed by atoms with Crippen LogP contribution in [0.5, 0.6) is 0 Å². The van der Waals surface area contributed by atoms with E-state index in [0.717, 1.165) is 0 Å². The summed E-state index contributed by atoms with van der Waals surface area (Å²) in [6.07, 6.45) is -0.815. The summed E-state index contributed by atoms with van der Waals surface area (Å²) in [6.45, 7) is 0. The molecule has 1 aromatic rings. The van der Waals surface area contributed by atoms with Crippen LogP contribution in [0.15, 0.2) is 24.3 Å². The molecule has 0 heterocycles. The third-order valence-corrected chi connectivity index (χ3v) is 1.48. The van der Waals surface area contributed by atoms with E-state index in [1.165, 1.54) is 25.3 Å². The van der Waals surface area contributed by atoms with Crippen LogP contribution in [-0.2, 0) is 4.74 Å². The molecule has 2 N–H and O–H groups in total. The number of hydrazine groups is 1. The highest BCUT2D eigenvalue weighted by atomic mass is 19.1. The number of nitrogens with two attached hydrogens (primary N) is 1. The lowest BCUT2D eigenvalue weighted by molar-refractivity contribution is 0.178. The monoisotopic (exact) mass is 184 g/mol. The van der Waals surface area contributed by atoms with Gasteiger partial charge in [-0.25, -0.2) is 20.0 Å². The molecule has 0 radical (unpaired) electrons. The summed E-state index contributed by atoms with van der Waals surface area (Å²) in [5.41, 5.74) is -0.0191. The highest BCUT2D eigenvalue weighted by Gasteiger charge is 2.14. The van der Waals surface area contributed by atoms with Crippen molar-refractivity contribution in [3.63, 3.8) is 0 Å². The van der Waals surface area contributed by atoms with Gasteiger partial charge in [0, 0.05) is 0 Å². The van der Waals surface area contributed by atoms with Gasteiger partial charge >= 0.3 is 6.09 Å². The number of amides is 1. The van der Waals surface area contributed by atoms with Crippen molar-refractivity contribution in [3.05, 3.63) is 30.1 Å². The molecule has 13 heavy (non-hydrogen) atoms. The number of para-hydroxylation sites is 1. The zero-order valence-corrected chi connectivity index (χ0v) is 7.03. The summed E-state index contributed by atoms with van der Waals surface area (Å²) in [7, 11) is 1.17. The molecule has 1 amide bonds. The van der Waals surface area contributed by atoms with Gasteiger partial charge < -0.3 is 4.74 Å². The Labute approximate surface area is 74.7 Å². The molecule has 0 aromatic heterocycles. The fourth-order valence-corrected chi connectivity index (χ4v) is 0.844. The van der Waals surface area contributed by atoms with Gasteiger partial charge in [-0.15, -0.1) is 0 Å². The van der Waals surface area contributed by atoms with Crippen molar-refractivity contribution in [1.29, 1.82) is 0 Å². The van der Waals surface area contributed by atoms with Gasteiger partial charge in [0.25, 0.3) is 0 Å². The van der Waals surface area contributed by atoms with E-state index in [1.807, 2.05) is 0 Å². The van der Waals surface area contributed by atoms with Crippen molar-refractivity contribution in [2.75, 3.05) is 12.1 Å². The first-order valence-corrected chi connectivity index (χ1v) is 3.54. The molecule has 0 aliphatic heterocycles. The second-order valence-corrected chi connectivity index (χ2v) is 2.29. The number of carbonyl (C=O) groups is 1. The van der Waals surface area contributed by atoms with E-state index in [9.17, 15) is 9.18 Å². The lowest BCUT2D eigenvalue weighted by Gasteiger charge is -2.14. The normalized spacial score (nSPS) is 9.46. The second kappa shape index (κ2) is 3.86. The molecule has 0 spiro atoms. The summed E-state index contributed by atoms with van der Waals surface area (Å²) in [6, 6.07) is 5.66. The molecule has 0 aliphatic carbocycles. The number of methoxy groups -OCH3 is 1. The highest BCUT2D eigenvalue weighted by Crippen LogP contribution is 2.15. The molecule has 0 bridgehead atoms. The summed E-state index contributed by atoms with van der Waals surface area (Å²) in [4.78, 5) is 10.9. The van der Waals surface area contributed by atoms with E-state index in [2.05, 4.69) is 4.74 Å². The van der Waals surface area contributed by atoms with Crippen LogP contribution in [0, 0.1) is 5.82 Å². The third-order valence-electron chi connectivity index (χ3n) is 1.48. The number of anilines is 1. The van der Waals surface area contributed by atoms with Gasteiger partial charge in [-0.3, -0.25) is 0 Å². The molecule has 0 unspecified atom stereocenters. The number of benzene rings is 1. The Balaban J connectivity index is 2.95. The zero-order chi connectivity index (χ0) is 9.84. The first-order valence-electron chi connectivity index (χ1n) is 3.54. The summed E-state index contributed by atoms with van der Waals surface area (Å²) < 4.78 is 17.3. The van der Waals surface area contributed by atoms with Crippen molar-refractivity contribution in [2.24, 2.45) is 5.84 Å². The molecule has 0 saturated carbocycles. The maximum absolute atomic E-state index is 13.0. The minimum Gasteiger partial charge on any atom is -0.452 e. The highest BCUT2D eigenvalue weighted by molar-refractivity contribution is 5.86. The van der Waals surface area contributed by atoms with Gasteiger partial charge in [0.1, 0.15) is 5.82 Å². The van der Waals surface area contributed by atoms with Gasteiger partial charge in [0.05, 0.1) is 12.8 Å². The van der Waals surface area contributed by atoms with Crippen LogP contribution >= 0.6 is 0 Å². The predicted molar refractivity (Wildman–Crippen MR) is 45.5 cm³/mol. The number of hydrogen-bond acceptors (Lipinski definition) is 3. The molecule has 70 valence electrons. The Bertz CT molecular complexity index is 317. The fourth-order valence-electron chi connectivity index (χ4n) is 0.844. The Kier molecular flexibility index (Phi) is 2.81. The number of rotatable bonds is 1. The smallest absolute Gasteiger partial charge is 0.428 e. The van der Waals surface area contributed by atoms with Crippen LogP contribution < -0.4 is 10.9 Å².